The molecule has 0 spiro atoms. The molecule has 0 amide bonds. The van der Waals surface area contributed by atoms with Crippen molar-refractivity contribution in [1.29, 1.82) is 0 Å². The topological polar surface area (TPSA) is 145 Å². The van der Waals surface area contributed by atoms with Crippen LogP contribution < -0.4 is 0 Å². The number of esters is 1. The first-order chi connectivity index (χ1) is 12.8. The van der Waals surface area contributed by atoms with E-state index in [1.54, 1.807) is 24.3 Å². The average molecular weight is 382 g/mol. The van der Waals surface area contributed by atoms with Crippen LogP contribution in [0.15, 0.2) is 30.3 Å². The Labute approximate surface area is 155 Å². The van der Waals surface area contributed by atoms with Crippen LogP contribution in [0.3, 0.4) is 0 Å². The molecule has 0 bridgehead atoms. The third-order valence-corrected chi connectivity index (χ3v) is 3.40. The normalized spacial score (nSPS) is 10.7. The molecule has 1 aromatic carbocycles. The van der Waals surface area contributed by atoms with Crippen LogP contribution in [0.2, 0.25) is 0 Å². The van der Waals surface area contributed by atoms with Crippen LogP contribution in [0.5, 0.6) is 0 Å². The number of benzene rings is 1. The van der Waals surface area contributed by atoms with Crippen LogP contribution in [0.1, 0.15) is 5.56 Å². The summed E-state index contributed by atoms with van der Waals surface area (Å²) in [6, 6.07) is 8.95. The number of carboxylic acid groups (broad SMARTS) is 3. The molecule has 0 unspecified atom stereocenters. The van der Waals surface area contributed by atoms with E-state index >= 15 is 0 Å². The molecule has 0 aliphatic heterocycles. The summed E-state index contributed by atoms with van der Waals surface area (Å²) in [4.78, 5) is 46.9. The fourth-order valence-electron chi connectivity index (χ4n) is 2.25. The predicted molar refractivity (Wildman–Crippen MR) is 92.0 cm³/mol. The molecule has 10 nitrogen and oxygen atoms in total. The molecule has 0 aliphatic carbocycles. The van der Waals surface area contributed by atoms with Crippen LogP contribution in [0, 0.1) is 0 Å². The predicted octanol–water partition coefficient (Wildman–Crippen LogP) is -0.412. The first-order valence-corrected chi connectivity index (χ1v) is 8.06. The largest absolute Gasteiger partial charge is 0.480 e. The summed E-state index contributed by atoms with van der Waals surface area (Å²) in [5, 5.41) is 26.6. The maximum atomic E-state index is 11.9. The number of nitrogens with zero attached hydrogens (tertiary/aromatic N) is 2. The lowest BCUT2D eigenvalue weighted by Gasteiger charge is -2.24. The SMILES string of the molecule is O=C(O)CN(CCN(CC(=O)O)CC(=O)OCc1ccccc1)CC(=O)O. The van der Waals surface area contributed by atoms with Gasteiger partial charge in [-0.1, -0.05) is 30.3 Å². The number of hydrogen-bond donors (Lipinski definition) is 3. The van der Waals surface area contributed by atoms with E-state index in [4.69, 9.17) is 20.1 Å². The minimum Gasteiger partial charge on any atom is -0.480 e. The molecule has 0 saturated carbocycles. The Morgan fingerprint density at radius 1 is 0.741 bits per heavy atom. The van der Waals surface area contributed by atoms with Gasteiger partial charge in [0.1, 0.15) is 6.61 Å². The molecular weight excluding hydrogens is 360 g/mol. The van der Waals surface area contributed by atoms with Crippen molar-refractivity contribution >= 4 is 23.9 Å². The van der Waals surface area contributed by atoms with E-state index in [9.17, 15) is 19.2 Å². The summed E-state index contributed by atoms with van der Waals surface area (Å²) >= 11 is 0. The number of hydrogen-bond acceptors (Lipinski definition) is 7. The lowest BCUT2D eigenvalue weighted by molar-refractivity contribution is -0.149. The zero-order valence-corrected chi connectivity index (χ0v) is 14.6. The minimum absolute atomic E-state index is 0.00665. The minimum atomic E-state index is -1.21. The Kier molecular flexibility index (Phi) is 9.48. The molecule has 0 aromatic heterocycles. The molecule has 0 fully saturated rings. The van der Waals surface area contributed by atoms with Crippen molar-refractivity contribution in [3.63, 3.8) is 0 Å². The van der Waals surface area contributed by atoms with Gasteiger partial charge in [0.25, 0.3) is 0 Å². The molecular formula is C17H22N2O8. The van der Waals surface area contributed by atoms with Gasteiger partial charge in [-0.25, -0.2) is 0 Å². The van der Waals surface area contributed by atoms with Crippen LogP contribution in [-0.2, 0) is 30.5 Å². The number of aliphatic carboxylic acids is 3. The van der Waals surface area contributed by atoms with E-state index in [0.29, 0.717) is 0 Å². The zero-order chi connectivity index (χ0) is 20.2. The molecule has 0 aliphatic rings. The fourth-order valence-corrected chi connectivity index (χ4v) is 2.25. The molecule has 0 saturated heterocycles. The number of carbonyl (C=O) groups is 4. The van der Waals surface area contributed by atoms with E-state index in [0.717, 1.165) is 10.5 Å². The summed E-state index contributed by atoms with van der Waals surface area (Å²) in [5.41, 5.74) is 0.782. The van der Waals surface area contributed by atoms with E-state index < -0.39 is 43.5 Å². The molecule has 27 heavy (non-hydrogen) atoms. The van der Waals surface area contributed by atoms with Crippen LogP contribution >= 0.6 is 0 Å². The summed E-state index contributed by atoms with van der Waals surface area (Å²) in [7, 11) is 0. The molecule has 0 radical (unpaired) electrons. The van der Waals surface area contributed by atoms with Crippen molar-refractivity contribution in [3.05, 3.63) is 35.9 Å². The molecule has 10 heteroatoms. The molecule has 148 valence electrons. The highest BCUT2D eigenvalue weighted by Gasteiger charge is 2.19. The highest BCUT2D eigenvalue weighted by atomic mass is 16.5. The Balaban J connectivity index is 2.57. The maximum absolute atomic E-state index is 11.9. The summed E-state index contributed by atoms with van der Waals surface area (Å²) in [6.07, 6.45) is 0. The third kappa shape index (κ3) is 10.6. The number of rotatable bonds is 13. The van der Waals surface area contributed by atoms with Gasteiger partial charge in [0.2, 0.25) is 0 Å². The van der Waals surface area contributed by atoms with Gasteiger partial charge in [0, 0.05) is 13.1 Å². The molecule has 0 heterocycles. The van der Waals surface area contributed by atoms with Gasteiger partial charge in [-0.3, -0.25) is 29.0 Å². The second-order valence-electron chi connectivity index (χ2n) is 5.75. The van der Waals surface area contributed by atoms with Crippen LogP contribution in [0.25, 0.3) is 0 Å². The third-order valence-electron chi connectivity index (χ3n) is 3.40. The lowest BCUT2D eigenvalue weighted by atomic mass is 10.2. The van der Waals surface area contributed by atoms with Crippen molar-refractivity contribution in [3.8, 4) is 0 Å². The summed E-state index contributed by atoms with van der Waals surface area (Å²) in [5.74, 6) is -4.22. The highest BCUT2D eigenvalue weighted by Crippen LogP contribution is 2.02. The van der Waals surface area contributed by atoms with Crippen LogP contribution in [-0.4, -0.2) is 88.3 Å². The monoisotopic (exact) mass is 382 g/mol. The number of ether oxygens (including phenoxy) is 1. The first kappa shape index (κ1) is 22.1. The smallest absolute Gasteiger partial charge is 0.320 e. The Bertz CT molecular complexity index is 634. The van der Waals surface area contributed by atoms with Gasteiger partial charge in [0.05, 0.1) is 26.2 Å². The van der Waals surface area contributed by atoms with E-state index in [2.05, 4.69) is 0 Å². The molecule has 1 aromatic rings. The Hall–Kier alpha value is -2.98. The van der Waals surface area contributed by atoms with Gasteiger partial charge in [-0.05, 0) is 5.56 Å². The van der Waals surface area contributed by atoms with Crippen molar-refractivity contribution in [2.75, 3.05) is 39.3 Å². The zero-order valence-electron chi connectivity index (χ0n) is 14.6. The van der Waals surface area contributed by atoms with Gasteiger partial charge < -0.3 is 20.1 Å². The van der Waals surface area contributed by atoms with E-state index in [-0.39, 0.29) is 26.2 Å². The Morgan fingerprint density at radius 3 is 1.63 bits per heavy atom. The summed E-state index contributed by atoms with van der Waals surface area (Å²) < 4.78 is 5.10. The molecule has 3 N–H and O–H groups in total. The highest BCUT2D eigenvalue weighted by molar-refractivity contribution is 5.74. The average Bonchev–Trinajstić information content (AvgIpc) is 2.57. The van der Waals surface area contributed by atoms with Crippen molar-refractivity contribution in [2.24, 2.45) is 0 Å². The first-order valence-electron chi connectivity index (χ1n) is 8.06. The van der Waals surface area contributed by atoms with Gasteiger partial charge in [0.15, 0.2) is 0 Å². The standard InChI is InChI=1S/C17H22N2O8/c20-14(21)8-18(9-15(22)23)6-7-19(10-16(24)25)11-17(26)27-12-13-4-2-1-3-5-13/h1-5H,6-12H2,(H,20,21)(H,22,23)(H,24,25). The van der Waals surface area contributed by atoms with Gasteiger partial charge in [-0.2, -0.15) is 0 Å². The molecule has 1 rings (SSSR count). The van der Waals surface area contributed by atoms with Gasteiger partial charge >= 0.3 is 23.9 Å². The number of carboxylic acids is 3. The van der Waals surface area contributed by atoms with Crippen LogP contribution in [0.4, 0.5) is 0 Å². The van der Waals surface area contributed by atoms with Crippen molar-refractivity contribution in [1.82, 2.24) is 9.80 Å². The summed E-state index contributed by atoms with van der Waals surface area (Å²) in [6.45, 7) is -1.78. The fraction of sp³-hybridized carbons (Fsp3) is 0.412. The molecule has 0 atom stereocenters. The Morgan fingerprint density at radius 2 is 1.19 bits per heavy atom. The van der Waals surface area contributed by atoms with E-state index in [1.807, 2.05) is 6.07 Å². The lowest BCUT2D eigenvalue weighted by Crippen LogP contribution is -2.43. The second kappa shape index (κ2) is 11.6. The van der Waals surface area contributed by atoms with Gasteiger partial charge in [-0.15, -0.1) is 0 Å². The second-order valence-corrected chi connectivity index (χ2v) is 5.75. The van der Waals surface area contributed by atoms with E-state index in [1.165, 1.54) is 4.90 Å². The van der Waals surface area contributed by atoms with Crippen molar-refractivity contribution in [2.45, 2.75) is 6.61 Å². The quantitative estimate of drug-likeness (QED) is 0.385. The maximum Gasteiger partial charge on any atom is 0.320 e. The number of carbonyl (C=O) groups excluding carboxylic acids is 1. The van der Waals surface area contributed by atoms with Crippen molar-refractivity contribution < 1.29 is 39.2 Å².